The van der Waals surface area contributed by atoms with Crippen molar-refractivity contribution < 1.29 is 9.90 Å². The molecule has 0 aliphatic heterocycles. The first kappa shape index (κ1) is 9.52. The highest BCUT2D eigenvalue weighted by atomic mass is 16.4. The van der Waals surface area contributed by atoms with Gasteiger partial charge >= 0.3 is 5.97 Å². The third-order valence-electron chi connectivity index (χ3n) is 1.69. The molecule has 0 fully saturated rings. The molecule has 0 saturated carbocycles. The van der Waals surface area contributed by atoms with Crippen molar-refractivity contribution in [3.63, 3.8) is 0 Å². The maximum absolute atomic E-state index is 10.4. The predicted octanol–water partition coefficient (Wildman–Crippen LogP) is 2.35. The standard InChI is InChI=1S/C11H12O2/c1-2-3-9-4-6-10(7-5-9)8-11(12)13/h2-7H,8H2,1H3,(H,12,13). The van der Waals surface area contributed by atoms with Gasteiger partial charge in [-0.2, -0.15) is 0 Å². The van der Waals surface area contributed by atoms with Crippen molar-refractivity contribution in [2.24, 2.45) is 0 Å². The van der Waals surface area contributed by atoms with Crippen LogP contribution >= 0.6 is 0 Å². The van der Waals surface area contributed by atoms with Crippen molar-refractivity contribution in [2.45, 2.75) is 13.3 Å². The molecule has 2 heteroatoms. The summed E-state index contributed by atoms with van der Waals surface area (Å²) in [7, 11) is 0. The van der Waals surface area contributed by atoms with Crippen LogP contribution in [0.15, 0.2) is 30.3 Å². The van der Waals surface area contributed by atoms with E-state index in [1.807, 2.05) is 43.3 Å². The second-order valence-corrected chi connectivity index (χ2v) is 2.81. The van der Waals surface area contributed by atoms with Crippen molar-refractivity contribution >= 4 is 12.0 Å². The molecule has 2 nitrogen and oxygen atoms in total. The topological polar surface area (TPSA) is 37.3 Å². The van der Waals surface area contributed by atoms with Crippen molar-refractivity contribution in [3.05, 3.63) is 41.5 Å². The zero-order valence-corrected chi connectivity index (χ0v) is 7.53. The minimum absolute atomic E-state index is 0.0934. The summed E-state index contributed by atoms with van der Waals surface area (Å²) in [5, 5.41) is 8.53. The highest BCUT2D eigenvalue weighted by Crippen LogP contribution is 2.06. The third kappa shape index (κ3) is 3.11. The maximum atomic E-state index is 10.4. The molecule has 0 aliphatic carbocycles. The van der Waals surface area contributed by atoms with Crippen molar-refractivity contribution in [3.8, 4) is 0 Å². The van der Waals surface area contributed by atoms with Crippen LogP contribution in [0.5, 0.6) is 0 Å². The highest BCUT2D eigenvalue weighted by Gasteiger charge is 1.98. The van der Waals surface area contributed by atoms with Crippen LogP contribution in [-0.4, -0.2) is 11.1 Å². The van der Waals surface area contributed by atoms with Gasteiger partial charge in [-0.15, -0.1) is 0 Å². The van der Waals surface area contributed by atoms with Gasteiger partial charge in [0.2, 0.25) is 0 Å². The van der Waals surface area contributed by atoms with Crippen LogP contribution < -0.4 is 0 Å². The number of carboxylic acids is 1. The molecule has 1 aromatic rings. The molecule has 0 aliphatic rings. The second-order valence-electron chi connectivity index (χ2n) is 2.81. The van der Waals surface area contributed by atoms with E-state index >= 15 is 0 Å². The number of carbonyl (C=O) groups is 1. The molecule has 0 bridgehead atoms. The first-order valence-corrected chi connectivity index (χ1v) is 4.16. The quantitative estimate of drug-likeness (QED) is 0.767. The molecule has 0 atom stereocenters. The van der Waals surface area contributed by atoms with E-state index in [1.54, 1.807) is 0 Å². The second kappa shape index (κ2) is 4.45. The predicted molar refractivity (Wildman–Crippen MR) is 52.5 cm³/mol. The lowest BCUT2D eigenvalue weighted by atomic mass is 10.1. The molecule has 0 unspecified atom stereocenters. The Labute approximate surface area is 77.5 Å². The minimum atomic E-state index is -0.793. The SMILES string of the molecule is CC=Cc1ccc(CC(=O)O)cc1. The molecule has 0 saturated heterocycles. The third-order valence-corrected chi connectivity index (χ3v) is 1.69. The normalized spacial score (nSPS) is 10.5. The van der Waals surface area contributed by atoms with Gasteiger partial charge in [0.25, 0.3) is 0 Å². The number of carboxylic acid groups (broad SMARTS) is 1. The van der Waals surface area contributed by atoms with Gasteiger partial charge in [-0.25, -0.2) is 0 Å². The smallest absolute Gasteiger partial charge is 0.307 e. The van der Waals surface area contributed by atoms with Crippen LogP contribution in [0.4, 0.5) is 0 Å². The Balaban J connectivity index is 2.75. The van der Waals surface area contributed by atoms with Crippen molar-refractivity contribution in [1.29, 1.82) is 0 Å². The van der Waals surface area contributed by atoms with Gasteiger partial charge in [0, 0.05) is 0 Å². The van der Waals surface area contributed by atoms with E-state index < -0.39 is 5.97 Å². The van der Waals surface area contributed by atoms with Crippen molar-refractivity contribution in [2.75, 3.05) is 0 Å². The van der Waals surface area contributed by atoms with E-state index in [9.17, 15) is 4.79 Å². The van der Waals surface area contributed by atoms with Crippen LogP contribution in [0.1, 0.15) is 18.1 Å². The highest BCUT2D eigenvalue weighted by molar-refractivity contribution is 5.70. The average molecular weight is 176 g/mol. The molecule has 1 aromatic carbocycles. The summed E-state index contributed by atoms with van der Waals surface area (Å²) in [5.41, 5.74) is 1.93. The first-order valence-electron chi connectivity index (χ1n) is 4.16. The summed E-state index contributed by atoms with van der Waals surface area (Å²) in [6.45, 7) is 1.95. The average Bonchev–Trinajstić information content (AvgIpc) is 2.08. The number of allylic oxidation sites excluding steroid dienone is 1. The Bertz CT molecular complexity index is 309. The van der Waals surface area contributed by atoms with Gasteiger partial charge in [-0.1, -0.05) is 36.4 Å². The molecule has 1 N–H and O–H groups in total. The lowest BCUT2D eigenvalue weighted by molar-refractivity contribution is -0.136. The minimum Gasteiger partial charge on any atom is -0.481 e. The first-order chi connectivity index (χ1) is 6.22. The number of hydrogen-bond acceptors (Lipinski definition) is 1. The van der Waals surface area contributed by atoms with Gasteiger partial charge in [-0.3, -0.25) is 4.79 Å². The summed E-state index contributed by atoms with van der Waals surface area (Å²) >= 11 is 0. The Morgan fingerprint density at radius 3 is 2.46 bits per heavy atom. The fourth-order valence-corrected chi connectivity index (χ4v) is 1.11. The molecule has 0 radical (unpaired) electrons. The summed E-state index contributed by atoms with van der Waals surface area (Å²) in [5.74, 6) is -0.793. The number of rotatable bonds is 3. The van der Waals surface area contributed by atoms with E-state index in [0.717, 1.165) is 11.1 Å². The summed E-state index contributed by atoms with van der Waals surface area (Å²) in [6, 6.07) is 7.50. The molecule has 0 spiro atoms. The molecule has 1 rings (SSSR count). The zero-order valence-electron chi connectivity index (χ0n) is 7.53. The Hall–Kier alpha value is -1.57. The summed E-state index contributed by atoms with van der Waals surface area (Å²) in [6.07, 6.45) is 4.02. The molecular formula is C11H12O2. The van der Waals surface area contributed by atoms with E-state index in [-0.39, 0.29) is 6.42 Å². The molecule has 68 valence electrons. The number of aliphatic carboxylic acids is 1. The monoisotopic (exact) mass is 176 g/mol. The van der Waals surface area contributed by atoms with Crippen LogP contribution in [0.2, 0.25) is 0 Å². The molecule has 0 amide bonds. The Morgan fingerprint density at radius 2 is 2.00 bits per heavy atom. The van der Waals surface area contributed by atoms with Crippen LogP contribution in [0.3, 0.4) is 0 Å². The number of hydrogen-bond donors (Lipinski definition) is 1. The molecule has 13 heavy (non-hydrogen) atoms. The fourth-order valence-electron chi connectivity index (χ4n) is 1.11. The number of benzene rings is 1. The van der Waals surface area contributed by atoms with Crippen LogP contribution in [-0.2, 0) is 11.2 Å². The zero-order chi connectivity index (χ0) is 9.68. The maximum Gasteiger partial charge on any atom is 0.307 e. The van der Waals surface area contributed by atoms with Crippen LogP contribution in [0, 0.1) is 0 Å². The molecule has 0 heterocycles. The van der Waals surface area contributed by atoms with Crippen LogP contribution in [0.25, 0.3) is 6.08 Å². The molecule has 0 aromatic heterocycles. The van der Waals surface area contributed by atoms with E-state index in [1.165, 1.54) is 0 Å². The lowest BCUT2D eigenvalue weighted by Crippen LogP contribution is -1.99. The Kier molecular flexibility index (Phi) is 3.26. The lowest BCUT2D eigenvalue weighted by Gasteiger charge is -1.97. The van der Waals surface area contributed by atoms with E-state index in [0.29, 0.717) is 0 Å². The summed E-state index contributed by atoms with van der Waals surface area (Å²) < 4.78 is 0. The fraction of sp³-hybridized carbons (Fsp3) is 0.182. The van der Waals surface area contributed by atoms with Gasteiger partial charge < -0.3 is 5.11 Å². The Morgan fingerprint density at radius 1 is 1.38 bits per heavy atom. The summed E-state index contributed by atoms with van der Waals surface area (Å²) in [4.78, 5) is 10.4. The molecular weight excluding hydrogens is 164 g/mol. The van der Waals surface area contributed by atoms with Gasteiger partial charge in [0.05, 0.1) is 6.42 Å². The van der Waals surface area contributed by atoms with E-state index in [4.69, 9.17) is 5.11 Å². The largest absolute Gasteiger partial charge is 0.481 e. The van der Waals surface area contributed by atoms with Crippen molar-refractivity contribution in [1.82, 2.24) is 0 Å². The van der Waals surface area contributed by atoms with Gasteiger partial charge in [0.1, 0.15) is 0 Å². The van der Waals surface area contributed by atoms with Gasteiger partial charge in [0.15, 0.2) is 0 Å². The van der Waals surface area contributed by atoms with E-state index in [2.05, 4.69) is 0 Å². The van der Waals surface area contributed by atoms with Gasteiger partial charge in [-0.05, 0) is 18.1 Å².